The van der Waals surface area contributed by atoms with Gasteiger partial charge in [0, 0.05) is 26.6 Å². The highest BCUT2D eigenvalue weighted by Gasteiger charge is 2.19. The Morgan fingerprint density at radius 3 is 1.33 bits per heavy atom. The predicted octanol–water partition coefficient (Wildman–Crippen LogP) is 11.5. The minimum absolute atomic E-state index is 0. The molecular weight excluding hydrogens is 829 g/mol. The summed E-state index contributed by atoms with van der Waals surface area (Å²) in [6.45, 7) is 48.1. The van der Waals surface area contributed by atoms with E-state index in [-0.39, 0.29) is 41.6 Å². The summed E-state index contributed by atoms with van der Waals surface area (Å²) in [6, 6.07) is 7.85. The lowest BCUT2D eigenvalue weighted by molar-refractivity contribution is -0.147. The van der Waals surface area contributed by atoms with E-state index < -0.39 is 0 Å². The quantitative estimate of drug-likeness (QED) is 0.148. The maximum absolute atomic E-state index is 12.0. The first-order valence-corrected chi connectivity index (χ1v) is 24.8. The second-order valence-electron chi connectivity index (χ2n) is 24.6. The Hall–Kier alpha value is -2.57. The van der Waals surface area contributed by atoms with E-state index >= 15 is 0 Å². The molecule has 0 spiro atoms. The first-order valence-electron chi connectivity index (χ1n) is 24.8. The molecule has 4 rings (SSSR count). The summed E-state index contributed by atoms with van der Waals surface area (Å²) in [5.41, 5.74) is 3.05. The molecule has 3 aliphatic rings. The van der Waals surface area contributed by atoms with Gasteiger partial charge in [0.25, 0.3) is 0 Å². The molecule has 3 aliphatic heterocycles. The normalized spacial score (nSPS) is 16.3. The van der Waals surface area contributed by atoms with Gasteiger partial charge >= 0.3 is 17.9 Å². The van der Waals surface area contributed by atoms with E-state index in [2.05, 4.69) is 77.0 Å². The van der Waals surface area contributed by atoms with Gasteiger partial charge in [0.05, 0.1) is 45.1 Å². The van der Waals surface area contributed by atoms with Gasteiger partial charge in [-0.1, -0.05) is 130 Å². The van der Waals surface area contributed by atoms with Crippen LogP contribution in [0.1, 0.15) is 179 Å². The fourth-order valence-electron chi connectivity index (χ4n) is 6.22. The Labute approximate surface area is 407 Å². The average molecular weight is 935 g/mol. The monoisotopic (exact) mass is 935 g/mol. The first kappa shape index (κ1) is 65.5. The van der Waals surface area contributed by atoms with Crippen molar-refractivity contribution in [3.8, 4) is 0 Å². The number of rotatable bonds is 12. The van der Waals surface area contributed by atoms with Crippen LogP contribution in [-0.2, 0) is 35.1 Å². The van der Waals surface area contributed by atoms with Crippen molar-refractivity contribution in [1.82, 2.24) is 19.6 Å². The topological polar surface area (TPSA) is 101 Å². The zero-order valence-electron chi connectivity index (χ0n) is 45.5. The molecule has 0 N–H and O–H groups in total. The molecule has 0 atom stereocenters. The van der Waals surface area contributed by atoms with Crippen molar-refractivity contribution in [2.24, 2.45) is 27.1 Å². The van der Waals surface area contributed by atoms with Crippen LogP contribution < -0.4 is 0 Å². The molecule has 0 aromatic heterocycles. The number of nitrogens with zero attached hydrogens (tertiary/aromatic N) is 4. The van der Waals surface area contributed by atoms with Crippen LogP contribution in [0.3, 0.4) is 0 Å². The van der Waals surface area contributed by atoms with Gasteiger partial charge < -0.3 is 23.8 Å². The lowest BCUT2D eigenvalue weighted by Crippen LogP contribution is -2.37. The first-order chi connectivity index (χ1) is 29.8. The maximum atomic E-state index is 12.0. The van der Waals surface area contributed by atoms with Gasteiger partial charge in [0.15, 0.2) is 0 Å². The Morgan fingerprint density at radius 2 is 0.939 bits per heavy atom. The van der Waals surface area contributed by atoms with E-state index in [0.717, 1.165) is 32.8 Å². The third-order valence-corrected chi connectivity index (χ3v) is 10.2. The molecule has 0 unspecified atom stereocenters. The molecule has 0 bridgehead atoms. The van der Waals surface area contributed by atoms with Crippen molar-refractivity contribution in [3.05, 3.63) is 35.4 Å². The fourth-order valence-corrected chi connectivity index (χ4v) is 6.22. The molecule has 1 aromatic rings. The van der Waals surface area contributed by atoms with E-state index in [4.69, 9.17) is 18.9 Å². The van der Waals surface area contributed by atoms with Crippen molar-refractivity contribution in [3.63, 3.8) is 0 Å². The molecule has 0 amide bonds. The van der Waals surface area contributed by atoms with E-state index in [0.29, 0.717) is 42.8 Å². The Balaban J connectivity index is 0. The van der Waals surface area contributed by atoms with E-state index in [9.17, 15) is 14.4 Å². The molecule has 11 nitrogen and oxygen atoms in total. The van der Waals surface area contributed by atoms with E-state index in [1.165, 1.54) is 96.7 Å². The molecule has 3 saturated heterocycles. The molecule has 66 heavy (non-hydrogen) atoms. The number of hydrogen-bond acceptors (Lipinski definition) is 11. The number of hydrogen-bond donors (Lipinski definition) is 0. The third-order valence-electron chi connectivity index (χ3n) is 10.2. The zero-order valence-corrected chi connectivity index (χ0v) is 45.5. The van der Waals surface area contributed by atoms with Crippen LogP contribution in [0.15, 0.2) is 24.3 Å². The van der Waals surface area contributed by atoms with Gasteiger partial charge in [-0.25, -0.2) is 4.79 Å². The van der Waals surface area contributed by atoms with Crippen molar-refractivity contribution in [2.75, 3.05) is 106 Å². The highest BCUT2D eigenvalue weighted by molar-refractivity contribution is 5.89. The largest absolute Gasteiger partial charge is 0.465 e. The smallest absolute Gasteiger partial charge is 0.338 e. The van der Waals surface area contributed by atoms with Crippen LogP contribution in [0.4, 0.5) is 0 Å². The maximum Gasteiger partial charge on any atom is 0.338 e. The van der Waals surface area contributed by atoms with Gasteiger partial charge in [-0.3, -0.25) is 24.3 Å². The molecule has 0 aliphatic carbocycles. The number of carbonyl (C=O) groups is 3. The van der Waals surface area contributed by atoms with Gasteiger partial charge in [0.2, 0.25) is 0 Å². The minimum atomic E-state index is -0.227. The lowest BCUT2D eigenvalue weighted by Gasteiger charge is -2.29. The summed E-state index contributed by atoms with van der Waals surface area (Å²) in [7, 11) is 3.69. The molecular formula is C55H106N4O7. The molecule has 388 valence electrons. The average Bonchev–Trinajstić information content (AvgIpc) is 3.72. The van der Waals surface area contributed by atoms with Crippen molar-refractivity contribution >= 4 is 17.9 Å². The Morgan fingerprint density at radius 1 is 0.545 bits per heavy atom. The van der Waals surface area contributed by atoms with Crippen molar-refractivity contribution < 1.29 is 33.3 Å². The zero-order chi connectivity index (χ0) is 49.9. The number of benzene rings is 1. The molecule has 0 radical (unpaired) electrons. The van der Waals surface area contributed by atoms with Crippen molar-refractivity contribution in [1.29, 1.82) is 0 Å². The van der Waals surface area contributed by atoms with Crippen LogP contribution >= 0.6 is 0 Å². The number of esters is 3. The number of morpholine rings is 1. The fraction of sp³-hybridized carbons (Fsp3) is 0.836. The van der Waals surface area contributed by atoms with Gasteiger partial charge in [0.1, 0.15) is 0 Å². The summed E-state index contributed by atoms with van der Waals surface area (Å²) >= 11 is 0. The van der Waals surface area contributed by atoms with Gasteiger partial charge in [-0.05, 0) is 137 Å². The SMILES string of the molecule is C.CC(=O)OCC(C)(C)C.CC(C)(C)CCN1CCCC1.CC(C)(C)CCN1CCOCC1.CC(C)(C)COC(=O)c1ccc(CN2CCCCC2)cc1.CN(C)CC(=O)OCC(C)(C)C. The third kappa shape index (κ3) is 42.8. The molecule has 11 heteroatoms. The highest BCUT2D eigenvalue weighted by Crippen LogP contribution is 2.21. The summed E-state index contributed by atoms with van der Waals surface area (Å²) in [6.07, 6.45) is 9.43. The summed E-state index contributed by atoms with van der Waals surface area (Å²) < 4.78 is 20.4. The number of piperidine rings is 1. The number of ether oxygens (including phenoxy) is 4. The second kappa shape index (κ2) is 33.0. The number of likely N-dealkylation sites (tertiary alicyclic amines) is 2. The van der Waals surface area contributed by atoms with Crippen LogP contribution in [-0.4, -0.2) is 144 Å². The molecule has 3 fully saturated rings. The molecule has 3 heterocycles. The van der Waals surface area contributed by atoms with Crippen LogP contribution in [0.2, 0.25) is 0 Å². The van der Waals surface area contributed by atoms with E-state index in [1.54, 1.807) is 4.90 Å². The van der Waals surface area contributed by atoms with Crippen molar-refractivity contribution in [2.45, 2.75) is 170 Å². The van der Waals surface area contributed by atoms with Crippen LogP contribution in [0.5, 0.6) is 0 Å². The standard InChI is InChI=1S/C18H27NO2.C10H21NO.C10H21N.C9H19NO2.C7H14O2.CH4/c1-18(2,3)14-21-17(20)16-9-7-15(8-10-16)13-19-11-5-4-6-12-19;1-10(2,3)4-5-11-6-8-12-9-7-11;1-10(2,3)6-9-11-7-4-5-8-11;1-9(2,3)7-12-8(11)6-10(4)5;1-6(8)9-5-7(2,3)4;/h7-10H,4-6,11-14H2,1-3H3;4-9H2,1-3H3;4-9H2,1-3H3;6-7H2,1-5H3;5H2,1-4H3;1H4. The highest BCUT2D eigenvalue weighted by atomic mass is 16.5. The molecule has 1 aromatic carbocycles. The summed E-state index contributed by atoms with van der Waals surface area (Å²) in [5, 5.41) is 0. The summed E-state index contributed by atoms with van der Waals surface area (Å²) in [4.78, 5) is 42.6. The number of carbonyl (C=O) groups excluding carboxylic acids is 3. The van der Waals surface area contributed by atoms with Crippen LogP contribution in [0, 0.1) is 27.1 Å². The second-order valence-corrected chi connectivity index (χ2v) is 24.6. The van der Waals surface area contributed by atoms with Gasteiger partial charge in [-0.15, -0.1) is 0 Å². The number of likely N-dealkylation sites (N-methyl/N-ethyl adjacent to an activating group) is 1. The van der Waals surface area contributed by atoms with Crippen LogP contribution in [0.25, 0.3) is 0 Å². The lowest BCUT2D eigenvalue weighted by atomic mass is 9.92. The minimum Gasteiger partial charge on any atom is -0.465 e. The summed E-state index contributed by atoms with van der Waals surface area (Å²) in [5.74, 6) is -0.589. The van der Waals surface area contributed by atoms with Gasteiger partial charge in [-0.2, -0.15) is 0 Å². The molecule has 0 saturated carbocycles. The Kier molecular flexibility index (Phi) is 32.8. The van der Waals surface area contributed by atoms with E-state index in [1.807, 2.05) is 79.9 Å². The Bertz CT molecular complexity index is 1400. The predicted molar refractivity (Wildman–Crippen MR) is 278 cm³/mol.